The van der Waals surface area contributed by atoms with Crippen LogP contribution in [0.3, 0.4) is 0 Å². The van der Waals surface area contributed by atoms with Gasteiger partial charge in [0.2, 0.25) is 0 Å². The Hall–Kier alpha value is 0.0169. The fraction of sp³-hybridized carbons (Fsp3) is 1.00. The second-order valence-corrected chi connectivity index (χ2v) is 5.91. The van der Waals surface area contributed by atoms with E-state index in [1.165, 1.54) is 0 Å². The fourth-order valence-electron chi connectivity index (χ4n) is 1.30. The zero-order chi connectivity index (χ0) is 10.4. The summed E-state index contributed by atoms with van der Waals surface area (Å²) < 4.78 is 26.6. The molecule has 84 valence electrons. The van der Waals surface area contributed by atoms with Crippen molar-refractivity contribution in [2.75, 3.05) is 27.4 Å². The molecule has 14 heavy (non-hydrogen) atoms. The lowest BCUT2D eigenvalue weighted by molar-refractivity contribution is -0.202. The van der Waals surface area contributed by atoms with Crippen molar-refractivity contribution < 1.29 is 22.8 Å². The summed E-state index contributed by atoms with van der Waals surface area (Å²) in [6.45, 7) is 2.57. The lowest BCUT2D eigenvalue weighted by Crippen LogP contribution is -2.46. The van der Waals surface area contributed by atoms with Gasteiger partial charge in [-0.3, -0.25) is 0 Å². The molecule has 1 rings (SSSR count). The Labute approximate surface area is 85.6 Å². The highest BCUT2D eigenvalue weighted by atomic mass is 28.4. The average molecular weight is 222 g/mol. The Bertz CT molecular complexity index is 156. The maximum absolute atomic E-state index is 5.59. The van der Waals surface area contributed by atoms with E-state index in [0.29, 0.717) is 13.2 Å². The second-order valence-electron chi connectivity index (χ2n) is 2.99. The minimum absolute atomic E-state index is 0.564. The van der Waals surface area contributed by atoms with Crippen LogP contribution in [0.15, 0.2) is 0 Å². The van der Waals surface area contributed by atoms with Crippen molar-refractivity contribution in [3.63, 3.8) is 0 Å². The summed E-state index contributed by atoms with van der Waals surface area (Å²) >= 11 is 0. The van der Waals surface area contributed by atoms with Gasteiger partial charge in [-0.15, -0.1) is 0 Å². The molecule has 1 saturated heterocycles. The third-order valence-corrected chi connectivity index (χ3v) is 4.95. The van der Waals surface area contributed by atoms with E-state index < -0.39 is 15.3 Å². The molecule has 0 atom stereocenters. The predicted octanol–water partition coefficient (Wildman–Crippen LogP) is 0.975. The van der Waals surface area contributed by atoms with Crippen molar-refractivity contribution in [3.8, 4) is 0 Å². The van der Waals surface area contributed by atoms with Crippen LogP contribution in [0.4, 0.5) is 0 Å². The van der Waals surface area contributed by atoms with Gasteiger partial charge in [0, 0.05) is 20.3 Å². The molecule has 1 aliphatic rings. The summed E-state index contributed by atoms with van der Waals surface area (Å²) in [4.78, 5) is 0. The normalized spacial score (nSPS) is 19.1. The third kappa shape index (κ3) is 3.01. The van der Waals surface area contributed by atoms with Crippen LogP contribution < -0.4 is 0 Å². The number of ether oxygens (including phenoxy) is 2. The molecule has 1 fully saturated rings. The first-order valence-corrected chi connectivity index (χ1v) is 6.71. The van der Waals surface area contributed by atoms with Crippen molar-refractivity contribution in [1.82, 2.24) is 0 Å². The molecule has 0 N–H and O–H groups in total. The molecule has 0 aromatic rings. The Morgan fingerprint density at radius 2 is 1.79 bits per heavy atom. The van der Waals surface area contributed by atoms with E-state index in [1.807, 2.05) is 0 Å². The molecule has 0 radical (unpaired) electrons. The number of hydrogen-bond donors (Lipinski definition) is 0. The van der Waals surface area contributed by atoms with Crippen LogP contribution in [0.2, 0.25) is 6.04 Å². The van der Waals surface area contributed by atoms with E-state index >= 15 is 0 Å². The van der Waals surface area contributed by atoms with Crippen LogP contribution in [0.1, 0.15) is 13.3 Å². The summed E-state index contributed by atoms with van der Waals surface area (Å²) in [7, 11) is 0.637. The number of hydrogen-bond acceptors (Lipinski definition) is 5. The van der Waals surface area contributed by atoms with Crippen LogP contribution in [0, 0.1) is 0 Å². The molecule has 0 unspecified atom stereocenters. The SMILES string of the molecule is CCC[Si](OC)(OC)OC1OCCO1. The zero-order valence-corrected chi connectivity index (χ0v) is 9.95. The van der Waals surface area contributed by atoms with E-state index in [4.69, 9.17) is 22.8 Å². The molecule has 0 aromatic heterocycles. The lowest BCUT2D eigenvalue weighted by atomic mass is 10.6. The highest BCUT2D eigenvalue weighted by Crippen LogP contribution is 2.20. The highest BCUT2D eigenvalue weighted by Gasteiger charge is 2.42. The number of rotatable bonds is 6. The van der Waals surface area contributed by atoms with Gasteiger partial charge in [0.15, 0.2) is 0 Å². The Morgan fingerprint density at radius 3 is 2.21 bits per heavy atom. The molecular weight excluding hydrogens is 204 g/mol. The predicted molar refractivity (Wildman–Crippen MR) is 51.6 cm³/mol. The molecule has 6 heteroatoms. The van der Waals surface area contributed by atoms with E-state index in [-0.39, 0.29) is 0 Å². The maximum Gasteiger partial charge on any atom is 0.504 e. The molecule has 1 aliphatic heterocycles. The molecule has 1 heterocycles. The van der Waals surface area contributed by atoms with Gasteiger partial charge in [0.1, 0.15) is 0 Å². The zero-order valence-electron chi connectivity index (χ0n) is 8.95. The van der Waals surface area contributed by atoms with Gasteiger partial charge in [-0.05, 0) is 0 Å². The van der Waals surface area contributed by atoms with Gasteiger partial charge in [0.05, 0.1) is 13.2 Å². The second kappa shape index (κ2) is 5.79. The van der Waals surface area contributed by atoms with Crippen LogP contribution in [0.25, 0.3) is 0 Å². The van der Waals surface area contributed by atoms with Crippen molar-refractivity contribution in [1.29, 1.82) is 0 Å². The largest absolute Gasteiger partial charge is 0.504 e. The Kier molecular flexibility index (Phi) is 5.00. The molecule has 0 saturated carbocycles. The van der Waals surface area contributed by atoms with Gasteiger partial charge in [-0.25, -0.2) is 0 Å². The first-order chi connectivity index (χ1) is 6.76. The molecule has 0 amide bonds. The Morgan fingerprint density at radius 1 is 1.21 bits per heavy atom. The summed E-state index contributed by atoms with van der Waals surface area (Å²) in [6, 6.07) is 0.767. The van der Waals surface area contributed by atoms with E-state index in [0.717, 1.165) is 12.5 Å². The molecule has 0 aliphatic carbocycles. The van der Waals surface area contributed by atoms with Crippen molar-refractivity contribution in [2.45, 2.75) is 25.9 Å². The minimum atomic E-state index is -2.56. The lowest BCUT2D eigenvalue weighted by Gasteiger charge is -2.27. The van der Waals surface area contributed by atoms with Crippen LogP contribution >= 0.6 is 0 Å². The van der Waals surface area contributed by atoms with Crippen LogP contribution in [-0.4, -0.2) is 42.7 Å². The molecule has 0 bridgehead atoms. The summed E-state index contributed by atoms with van der Waals surface area (Å²) in [5, 5.41) is 0. The highest BCUT2D eigenvalue weighted by molar-refractivity contribution is 6.60. The van der Waals surface area contributed by atoms with Gasteiger partial charge >= 0.3 is 8.80 Å². The first kappa shape index (κ1) is 12.1. The summed E-state index contributed by atoms with van der Waals surface area (Å²) in [6.07, 6.45) is 0.945. The molecule has 0 spiro atoms. The van der Waals surface area contributed by atoms with Gasteiger partial charge < -0.3 is 22.8 Å². The Balaban J connectivity index is 2.47. The van der Waals surface area contributed by atoms with E-state index in [1.54, 1.807) is 14.2 Å². The van der Waals surface area contributed by atoms with E-state index in [9.17, 15) is 0 Å². The van der Waals surface area contributed by atoms with Crippen molar-refractivity contribution in [2.24, 2.45) is 0 Å². The maximum atomic E-state index is 5.59. The van der Waals surface area contributed by atoms with Crippen LogP contribution in [0.5, 0.6) is 0 Å². The average Bonchev–Trinajstić information content (AvgIpc) is 2.69. The monoisotopic (exact) mass is 222 g/mol. The van der Waals surface area contributed by atoms with Crippen LogP contribution in [-0.2, 0) is 22.8 Å². The quantitative estimate of drug-likeness (QED) is 0.627. The summed E-state index contributed by atoms with van der Waals surface area (Å²) in [5.41, 5.74) is 0. The first-order valence-electron chi connectivity index (χ1n) is 4.77. The fourth-order valence-corrected chi connectivity index (χ4v) is 3.23. The van der Waals surface area contributed by atoms with Gasteiger partial charge in [0.25, 0.3) is 6.48 Å². The van der Waals surface area contributed by atoms with Gasteiger partial charge in [-0.1, -0.05) is 13.3 Å². The molecular formula is C8H18O5Si. The third-order valence-electron chi connectivity index (χ3n) is 2.05. The van der Waals surface area contributed by atoms with Gasteiger partial charge in [-0.2, -0.15) is 0 Å². The summed E-state index contributed by atoms with van der Waals surface area (Å²) in [5.74, 6) is 0. The van der Waals surface area contributed by atoms with Crippen molar-refractivity contribution >= 4 is 8.80 Å². The molecule has 0 aromatic carbocycles. The molecule has 5 nitrogen and oxygen atoms in total. The van der Waals surface area contributed by atoms with E-state index in [2.05, 4.69) is 6.92 Å². The smallest absolute Gasteiger partial charge is 0.377 e. The standard InChI is InChI=1S/C8H18O5Si/c1-4-7-14(9-2,10-3)13-8-11-5-6-12-8/h8H,4-7H2,1-3H3. The topological polar surface area (TPSA) is 46.2 Å². The minimum Gasteiger partial charge on any atom is -0.377 e. The van der Waals surface area contributed by atoms with Crippen molar-refractivity contribution in [3.05, 3.63) is 0 Å².